The average molecular weight is 306 g/mol. The molecule has 0 aliphatic carbocycles. The zero-order valence-corrected chi connectivity index (χ0v) is 11.5. The van der Waals surface area contributed by atoms with Crippen molar-refractivity contribution in [2.24, 2.45) is 0 Å². The summed E-state index contributed by atoms with van der Waals surface area (Å²) in [5.74, 6) is 0.532. The summed E-state index contributed by atoms with van der Waals surface area (Å²) in [6.45, 7) is 1.97. The fraction of sp³-hybridized carbons (Fsp3) is 0.143. The highest BCUT2D eigenvalue weighted by Crippen LogP contribution is 2.16. The molecule has 2 aromatic rings. The molecule has 0 amide bonds. The Bertz CT molecular complexity index is 569. The minimum Gasteiger partial charge on any atom is -0.484 e. The normalized spacial score (nSPS) is 10.1. The fourth-order valence-corrected chi connectivity index (χ4v) is 1.87. The van der Waals surface area contributed by atoms with E-state index in [1.807, 2.05) is 25.1 Å². The van der Waals surface area contributed by atoms with Crippen LogP contribution in [0.15, 0.2) is 47.2 Å². The highest BCUT2D eigenvalue weighted by atomic mass is 79.9. The van der Waals surface area contributed by atoms with E-state index < -0.39 is 0 Å². The number of aryl methyl sites for hydroxylation is 1. The third-order valence-corrected chi connectivity index (χ3v) is 2.82. The first-order valence-corrected chi connectivity index (χ1v) is 6.27. The van der Waals surface area contributed by atoms with Crippen molar-refractivity contribution < 1.29 is 9.53 Å². The van der Waals surface area contributed by atoms with Crippen LogP contribution < -0.4 is 4.74 Å². The predicted molar refractivity (Wildman–Crippen MR) is 72.9 cm³/mol. The van der Waals surface area contributed by atoms with Crippen LogP contribution in [0.1, 0.15) is 15.9 Å². The van der Waals surface area contributed by atoms with Gasteiger partial charge in [0.2, 0.25) is 0 Å². The van der Waals surface area contributed by atoms with Gasteiger partial charge in [-0.2, -0.15) is 0 Å². The summed E-state index contributed by atoms with van der Waals surface area (Å²) in [6, 6.07) is 9.23. The summed E-state index contributed by atoms with van der Waals surface area (Å²) >= 11 is 3.30. The monoisotopic (exact) mass is 305 g/mol. The van der Waals surface area contributed by atoms with Crippen LogP contribution in [0.3, 0.4) is 0 Å². The van der Waals surface area contributed by atoms with Gasteiger partial charge in [0.25, 0.3) is 0 Å². The quantitative estimate of drug-likeness (QED) is 0.813. The van der Waals surface area contributed by atoms with E-state index in [-0.39, 0.29) is 12.4 Å². The zero-order chi connectivity index (χ0) is 13.0. The summed E-state index contributed by atoms with van der Waals surface area (Å²) in [5.41, 5.74) is 1.72. The van der Waals surface area contributed by atoms with Crippen molar-refractivity contribution in [2.45, 2.75) is 6.92 Å². The number of ether oxygens (including phenoxy) is 1. The summed E-state index contributed by atoms with van der Waals surface area (Å²) in [4.78, 5) is 15.9. The lowest BCUT2D eigenvalue weighted by atomic mass is 10.1. The average Bonchev–Trinajstić information content (AvgIpc) is 2.36. The Hall–Kier alpha value is -1.68. The van der Waals surface area contributed by atoms with Crippen molar-refractivity contribution in [1.29, 1.82) is 0 Å². The van der Waals surface area contributed by atoms with E-state index in [0.717, 1.165) is 10.0 Å². The topological polar surface area (TPSA) is 39.2 Å². The molecule has 0 N–H and O–H groups in total. The Morgan fingerprint density at radius 3 is 2.89 bits per heavy atom. The molecule has 0 spiro atoms. The van der Waals surface area contributed by atoms with Gasteiger partial charge in [-0.25, -0.2) is 0 Å². The first-order chi connectivity index (χ1) is 8.65. The number of benzene rings is 1. The van der Waals surface area contributed by atoms with Gasteiger partial charge in [0.1, 0.15) is 5.75 Å². The fourth-order valence-electron chi connectivity index (χ4n) is 1.52. The molecule has 0 unspecified atom stereocenters. The van der Waals surface area contributed by atoms with Crippen LogP contribution in [0.5, 0.6) is 5.75 Å². The maximum absolute atomic E-state index is 11.9. The molecule has 1 heterocycles. The number of carbonyl (C=O) groups is 1. The molecule has 18 heavy (non-hydrogen) atoms. The van der Waals surface area contributed by atoms with Crippen LogP contribution in [0.4, 0.5) is 0 Å². The molecule has 4 heteroatoms. The molecule has 0 aliphatic heterocycles. The Kier molecular flexibility index (Phi) is 4.10. The van der Waals surface area contributed by atoms with Gasteiger partial charge in [-0.05, 0) is 35.0 Å². The van der Waals surface area contributed by atoms with Crippen LogP contribution in [0, 0.1) is 6.92 Å². The summed E-state index contributed by atoms with van der Waals surface area (Å²) in [5, 5.41) is 0. The number of nitrogens with zero attached hydrogens (tertiary/aromatic N) is 1. The number of ketones is 1. The molecule has 1 aromatic heterocycles. The van der Waals surface area contributed by atoms with Crippen molar-refractivity contribution in [3.05, 3.63) is 58.3 Å². The number of hydrogen-bond acceptors (Lipinski definition) is 3. The number of carbonyl (C=O) groups excluding carboxylic acids is 1. The van der Waals surface area contributed by atoms with E-state index >= 15 is 0 Å². The molecule has 0 atom stereocenters. The van der Waals surface area contributed by atoms with Crippen LogP contribution in [0.25, 0.3) is 0 Å². The Balaban J connectivity index is 2.00. The van der Waals surface area contributed by atoms with Crippen LogP contribution in [-0.2, 0) is 0 Å². The van der Waals surface area contributed by atoms with Crippen LogP contribution in [0.2, 0.25) is 0 Å². The molecule has 0 radical (unpaired) electrons. The smallest absolute Gasteiger partial charge is 0.200 e. The highest BCUT2D eigenvalue weighted by Gasteiger charge is 2.07. The number of pyridine rings is 1. The Morgan fingerprint density at radius 2 is 2.17 bits per heavy atom. The lowest BCUT2D eigenvalue weighted by molar-refractivity contribution is 0.0921. The van der Waals surface area contributed by atoms with Gasteiger partial charge in [-0.1, -0.05) is 23.8 Å². The van der Waals surface area contributed by atoms with E-state index in [1.54, 1.807) is 24.5 Å². The molecule has 0 saturated heterocycles. The molecule has 0 aliphatic rings. The minimum atomic E-state index is -0.0429. The summed E-state index contributed by atoms with van der Waals surface area (Å²) < 4.78 is 6.22. The van der Waals surface area contributed by atoms with Crippen LogP contribution >= 0.6 is 15.9 Å². The number of hydrogen-bond donors (Lipinski definition) is 0. The van der Waals surface area contributed by atoms with E-state index in [1.165, 1.54) is 0 Å². The number of rotatable bonds is 4. The zero-order valence-electron chi connectivity index (χ0n) is 9.89. The van der Waals surface area contributed by atoms with Crippen molar-refractivity contribution in [2.75, 3.05) is 6.61 Å². The van der Waals surface area contributed by atoms with Gasteiger partial charge in [0, 0.05) is 16.2 Å². The Morgan fingerprint density at radius 1 is 1.33 bits per heavy atom. The molecule has 2 rings (SSSR count). The van der Waals surface area contributed by atoms with Gasteiger partial charge >= 0.3 is 0 Å². The van der Waals surface area contributed by atoms with E-state index in [0.29, 0.717) is 11.3 Å². The molecule has 0 saturated carbocycles. The Labute approximate surface area is 114 Å². The number of Topliss-reactive ketones (excluding diaryl/α,β-unsaturated/α-hetero) is 1. The van der Waals surface area contributed by atoms with E-state index in [4.69, 9.17) is 4.74 Å². The van der Waals surface area contributed by atoms with E-state index in [9.17, 15) is 4.79 Å². The predicted octanol–water partition coefficient (Wildman–Crippen LogP) is 3.41. The van der Waals surface area contributed by atoms with Crippen molar-refractivity contribution >= 4 is 21.7 Å². The number of halogens is 1. The lowest BCUT2D eigenvalue weighted by Gasteiger charge is -2.05. The third kappa shape index (κ3) is 3.40. The molecule has 0 fully saturated rings. The summed E-state index contributed by atoms with van der Waals surface area (Å²) in [6.07, 6.45) is 3.24. The van der Waals surface area contributed by atoms with Gasteiger partial charge < -0.3 is 4.74 Å². The molecule has 0 bridgehead atoms. The standard InChI is InChI=1S/C14H12BrNO2/c1-10-3-2-4-11(5-10)14(17)9-18-13-6-12(15)7-16-8-13/h2-8H,9H2,1H3. The largest absolute Gasteiger partial charge is 0.484 e. The van der Waals surface area contributed by atoms with Gasteiger partial charge in [0.15, 0.2) is 12.4 Å². The van der Waals surface area contributed by atoms with Crippen molar-refractivity contribution in [3.8, 4) is 5.75 Å². The second kappa shape index (κ2) is 5.78. The molecular weight excluding hydrogens is 294 g/mol. The summed E-state index contributed by atoms with van der Waals surface area (Å²) in [7, 11) is 0. The maximum Gasteiger partial charge on any atom is 0.200 e. The molecule has 1 aromatic carbocycles. The van der Waals surface area contributed by atoms with Crippen LogP contribution in [-0.4, -0.2) is 17.4 Å². The maximum atomic E-state index is 11.9. The second-order valence-electron chi connectivity index (χ2n) is 3.92. The SMILES string of the molecule is Cc1cccc(C(=O)COc2cncc(Br)c2)c1. The highest BCUT2D eigenvalue weighted by molar-refractivity contribution is 9.10. The lowest BCUT2D eigenvalue weighted by Crippen LogP contribution is -2.11. The van der Waals surface area contributed by atoms with Crippen molar-refractivity contribution in [1.82, 2.24) is 4.98 Å². The van der Waals surface area contributed by atoms with Gasteiger partial charge in [0.05, 0.1) is 6.20 Å². The van der Waals surface area contributed by atoms with Crippen molar-refractivity contribution in [3.63, 3.8) is 0 Å². The van der Waals surface area contributed by atoms with E-state index in [2.05, 4.69) is 20.9 Å². The third-order valence-electron chi connectivity index (χ3n) is 2.39. The first-order valence-electron chi connectivity index (χ1n) is 5.48. The molecule has 3 nitrogen and oxygen atoms in total. The number of aromatic nitrogens is 1. The second-order valence-corrected chi connectivity index (χ2v) is 4.84. The van der Waals surface area contributed by atoms with Gasteiger partial charge in [-0.15, -0.1) is 0 Å². The molecule has 92 valence electrons. The van der Waals surface area contributed by atoms with Gasteiger partial charge in [-0.3, -0.25) is 9.78 Å². The minimum absolute atomic E-state index is 0.0155. The first kappa shape index (κ1) is 12.8. The molecular formula is C14H12BrNO2.